The topological polar surface area (TPSA) is 93.8 Å². The van der Waals surface area contributed by atoms with E-state index in [9.17, 15) is 36.2 Å². The van der Waals surface area contributed by atoms with E-state index in [0.29, 0.717) is 40.3 Å². The van der Waals surface area contributed by atoms with Crippen molar-refractivity contribution in [1.29, 1.82) is 0 Å². The fourth-order valence-corrected chi connectivity index (χ4v) is 4.34. The van der Waals surface area contributed by atoms with E-state index in [4.69, 9.17) is 0 Å². The van der Waals surface area contributed by atoms with Crippen LogP contribution in [0.4, 0.5) is 26.3 Å². The Labute approximate surface area is 227 Å². The van der Waals surface area contributed by atoms with Gasteiger partial charge in [-0.05, 0) is 48.9 Å². The highest BCUT2D eigenvalue weighted by Crippen LogP contribution is 2.50. The lowest BCUT2D eigenvalue weighted by Crippen LogP contribution is -2.53. The fraction of sp³-hybridized carbons (Fsp3) is 0.179. The first-order valence-corrected chi connectivity index (χ1v) is 12.0. The number of nitrogens with zero attached hydrogens (tertiary/aromatic N) is 5. The minimum absolute atomic E-state index is 0.0181. The molecule has 0 saturated heterocycles. The quantitative estimate of drug-likeness (QED) is 0.282. The number of aliphatic hydroxyl groups is 1. The summed E-state index contributed by atoms with van der Waals surface area (Å²) in [6, 6.07) is 12.9. The number of aromatic nitrogens is 5. The number of alkyl halides is 6. The highest BCUT2D eigenvalue weighted by Gasteiger charge is 2.71. The molecule has 0 aliphatic heterocycles. The third-order valence-electron chi connectivity index (χ3n) is 6.46. The summed E-state index contributed by atoms with van der Waals surface area (Å²) < 4.78 is 81.5. The first kappa shape index (κ1) is 27.9. The van der Waals surface area contributed by atoms with Crippen molar-refractivity contribution in [2.45, 2.75) is 31.3 Å². The number of rotatable bonds is 5. The second kappa shape index (κ2) is 10.1. The maximum absolute atomic E-state index is 13.8. The zero-order valence-corrected chi connectivity index (χ0v) is 21.1. The molecule has 0 aliphatic carbocycles. The number of aryl methyl sites for hydroxylation is 1. The molecule has 7 nitrogen and oxygen atoms in total. The normalized spacial score (nSPS) is 12.6. The van der Waals surface area contributed by atoms with Crippen molar-refractivity contribution in [1.82, 2.24) is 24.5 Å². The molecule has 0 radical (unpaired) electrons. The summed E-state index contributed by atoms with van der Waals surface area (Å²) in [4.78, 5) is 30.9. The molecule has 0 fully saturated rings. The van der Waals surface area contributed by atoms with Crippen molar-refractivity contribution in [2.24, 2.45) is 0 Å². The molecule has 5 aromatic rings. The number of halogens is 6. The smallest absolute Gasteiger partial charge is 0.369 e. The number of pyridine rings is 1. The third kappa shape index (κ3) is 5.04. The van der Waals surface area contributed by atoms with E-state index in [1.807, 2.05) is 0 Å². The Bertz CT molecular complexity index is 1750. The van der Waals surface area contributed by atoms with Gasteiger partial charge in [0.15, 0.2) is 0 Å². The van der Waals surface area contributed by atoms with Crippen LogP contribution < -0.4 is 5.56 Å². The molecule has 1 N–H and O–H groups in total. The number of hydrogen-bond acceptors (Lipinski definition) is 6. The van der Waals surface area contributed by atoms with Gasteiger partial charge in [-0.15, -0.1) is 0 Å². The van der Waals surface area contributed by atoms with Gasteiger partial charge in [0, 0.05) is 36.1 Å². The van der Waals surface area contributed by atoms with Crippen LogP contribution in [0.25, 0.3) is 27.8 Å². The van der Waals surface area contributed by atoms with E-state index in [1.54, 1.807) is 49.5 Å². The molecule has 0 atom stereocenters. The highest BCUT2D eigenvalue weighted by atomic mass is 19.4. The van der Waals surface area contributed by atoms with E-state index >= 15 is 0 Å². The fourth-order valence-electron chi connectivity index (χ4n) is 4.34. The van der Waals surface area contributed by atoms with Crippen molar-refractivity contribution >= 4 is 10.9 Å². The minimum atomic E-state index is -6.05. The summed E-state index contributed by atoms with van der Waals surface area (Å²) in [5.74, 6) is 0.632. The maximum Gasteiger partial charge on any atom is 0.430 e. The first-order chi connectivity index (χ1) is 19.3. The van der Waals surface area contributed by atoms with Crippen LogP contribution in [0.1, 0.15) is 22.8 Å². The summed E-state index contributed by atoms with van der Waals surface area (Å²) in [6.45, 7) is 1.68. The monoisotopic (exact) mass is 571 g/mol. The molecule has 0 amide bonds. The Morgan fingerprint density at radius 3 is 2.10 bits per heavy atom. The van der Waals surface area contributed by atoms with Crippen LogP contribution in [0, 0.1) is 6.92 Å². The molecule has 0 unspecified atom stereocenters. The third-order valence-corrected chi connectivity index (χ3v) is 6.46. The van der Waals surface area contributed by atoms with Gasteiger partial charge < -0.3 is 5.11 Å². The molecule has 0 saturated carbocycles. The second-order valence-electron chi connectivity index (χ2n) is 9.18. The van der Waals surface area contributed by atoms with Crippen LogP contribution in [-0.4, -0.2) is 42.0 Å². The lowest BCUT2D eigenvalue weighted by atomic mass is 9.92. The van der Waals surface area contributed by atoms with Gasteiger partial charge in [0.05, 0.1) is 22.3 Å². The minimum Gasteiger partial charge on any atom is -0.369 e. The Morgan fingerprint density at radius 1 is 0.854 bits per heavy atom. The number of hydrogen-bond donors (Lipinski definition) is 1. The van der Waals surface area contributed by atoms with Crippen LogP contribution in [0.2, 0.25) is 0 Å². The zero-order chi connectivity index (χ0) is 29.6. The maximum atomic E-state index is 13.8. The SMILES string of the molecule is Cc1ncc(Cc2nc3ccc(-c4ccccn4)cc3c(=O)n2-c2ccc(C(O)(C(F)(F)F)C(F)(F)F)cc2)cn1. The summed E-state index contributed by atoms with van der Waals surface area (Å²) in [5, 5.41) is 9.91. The van der Waals surface area contributed by atoms with Gasteiger partial charge in [-0.25, -0.2) is 15.0 Å². The molecule has 3 aromatic heterocycles. The van der Waals surface area contributed by atoms with Gasteiger partial charge in [0.25, 0.3) is 11.2 Å². The van der Waals surface area contributed by atoms with Gasteiger partial charge in [0.1, 0.15) is 11.6 Å². The van der Waals surface area contributed by atoms with E-state index < -0.39 is 29.1 Å². The summed E-state index contributed by atoms with van der Waals surface area (Å²) in [5.41, 5.74) is -5.20. The van der Waals surface area contributed by atoms with Crippen molar-refractivity contribution in [2.75, 3.05) is 0 Å². The molecule has 0 aliphatic rings. The Balaban J connectivity index is 1.70. The average molecular weight is 571 g/mol. The second-order valence-corrected chi connectivity index (χ2v) is 9.18. The van der Waals surface area contributed by atoms with Crippen molar-refractivity contribution < 1.29 is 31.4 Å². The van der Waals surface area contributed by atoms with Crippen LogP contribution >= 0.6 is 0 Å². The summed E-state index contributed by atoms with van der Waals surface area (Å²) in [7, 11) is 0. The first-order valence-electron chi connectivity index (χ1n) is 12.0. The van der Waals surface area contributed by atoms with Crippen molar-refractivity contribution in [3.05, 3.63) is 112 Å². The lowest BCUT2D eigenvalue weighted by Gasteiger charge is -2.32. The zero-order valence-electron chi connectivity index (χ0n) is 21.1. The number of benzene rings is 2. The Morgan fingerprint density at radius 2 is 1.51 bits per heavy atom. The average Bonchev–Trinajstić information content (AvgIpc) is 2.93. The standard InChI is InChI=1S/C28H19F6N5O2/c1-16-36-14-17(15-37-16)12-24-38-23-10-5-18(22-4-2-3-11-35-22)13-21(23)25(40)39(24)20-8-6-19(7-9-20)26(41,27(29,30)31)28(32,33)34/h2-11,13-15,41H,12H2,1H3. The molecule has 0 bridgehead atoms. The van der Waals surface area contributed by atoms with Gasteiger partial charge in [0.2, 0.25) is 0 Å². The van der Waals surface area contributed by atoms with E-state index in [-0.39, 0.29) is 23.3 Å². The molecule has 210 valence electrons. The largest absolute Gasteiger partial charge is 0.430 e. The molecule has 41 heavy (non-hydrogen) atoms. The van der Waals surface area contributed by atoms with E-state index in [2.05, 4.69) is 19.9 Å². The molecule has 13 heteroatoms. The van der Waals surface area contributed by atoms with Gasteiger partial charge >= 0.3 is 12.4 Å². The molecular weight excluding hydrogens is 552 g/mol. The molecule has 5 rings (SSSR count). The van der Waals surface area contributed by atoms with Crippen molar-refractivity contribution in [3.63, 3.8) is 0 Å². The molecule has 0 spiro atoms. The van der Waals surface area contributed by atoms with Crippen LogP contribution in [0.3, 0.4) is 0 Å². The predicted molar refractivity (Wildman–Crippen MR) is 136 cm³/mol. The van der Waals surface area contributed by atoms with E-state index in [1.165, 1.54) is 12.4 Å². The Kier molecular flexibility index (Phi) is 6.85. The highest BCUT2D eigenvalue weighted by molar-refractivity contribution is 5.83. The van der Waals surface area contributed by atoms with Crippen LogP contribution in [0.5, 0.6) is 0 Å². The van der Waals surface area contributed by atoms with Gasteiger partial charge in [-0.3, -0.25) is 14.3 Å². The summed E-state index contributed by atoms with van der Waals surface area (Å²) in [6.07, 6.45) is -7.47. The Hall–Kier alpha value is -4.65. The van der Waals surface area contributed by atoms with Gasteiger partial charge in [-0.2, -0.15) is 26.3 Å². The van der Waals surface area contributed by atoms with Gasteiger partial charge in [-0.1, -0.05) is 24.3 Å². The molecule has 3 heterocycles. The van der Waals surface area contributed by atoms with Crippen molar-refractivity contribution in [3.8, 4) is 16.9 Å². The lowest BCUT2D eigenvalue weighted by molar-refractivity contribution is -0.376. The predicted octanol–water partition coefficient (Wildman–Crippen LogP) is 5.45. The summed E-state index contributed by atoms with van der Waals surface area (Å²) >= 11 is 0. The molecule has 2 aromatic carbocycles. The molecular formula is C28H19F6N5O2. The van der Waals surface area contributed by atoms with E-state index in [0.717, 1.165) is 16.7 Å². The van der Waals surface area contributed by atoms with Crippen LogP contribution in [-0.2, 0) is 12.0 Å². The number of fused-ring (bicyclic) bond motifs is 1. The van der Waals surface area contributed by atoms with Crippen LogP contribution in [0.15, 0.2) is 84.0 Å².